The van der Waals surface area contributed by atoms with Crippen LogP contribution in [0.2, 0.25) is 0 Å². The molecule has 2 aromatic rings. The maximum atomic E-state index is 13.4. The molecule has 0 saturated heterocycles. The Morgan fingerprint density at radius 3 is 2.67 bits per heavy atom. The molecule has 3 nitrogen and oxygen atoms in total. The number of aryl methyl sites for hydroxylation is 2. The van der Waals surface area contributed by atoms with Crippen molar-refractivity contribution in [3.8, 4) is 0 Å². The molecular formula is C18H23F2N3S. The van der Waals surface area contributed by atoms with E-state index in [1.54, 1.807) is 0 Å². The van der Waals surface area contributed by atoms with Gasteiger partial charge in [-0.25, -0.2) is 8.78 Å². The Hall–Kier alpha value is -1.56. The van der Waals surface area contributed by atoms with Crippen LogP contribution in [0.1, 0.15) is 48.4 Å². The number of hydrogen-bond donors (Lipinski definition) is 2. The van der Waals surface area contributed by atoms with Gasteiger partial charge in [0.2, 0.25) is 5.92 Å². The van der Waals surface area contributed by atoms with Crippen molar-refractivity contribution in [2.45, 2.75) is 50.2 Å². The predicted molar refractivity (Wildman–Crippen MR) is 97.0 cm³/mol. The summed E-state index contributed by atoms with van der Waals surface area (Å²) in [5.74, 6) is -1.60. The summed E-state index contributed by atoms with van der Waals surface area (Å²) in [4.78, 5) is 0. The number of amidine groups is 1. The van der Waals surface area contributed by atoms with Gasteiger partial charge in [0, 0.05) is 42.2 Å². The van der Waals surface area contributed by atoms with Crippen molar-refractivity contribution in [1.82, 2.24) is 4.57 Å². The van der Waals surface area contributed by atoms with Crippen LogP contribution in [0.4, 0.5) is 8.78 Å². The second-order valence-corrected chi connectivity index (χ2v) is 7.71. The van der Waals surface area contributed by atoms with E-state index in [0.717, 1.165) is 16.8 Å². The minimum Gasteiger partial charge on any atom is -0.379 e. The number of rotatable bonds is 3. The molecule has 3 rings (SSSR count). The number of halogens is 2. The van der Waals surface area contributed by atoms with Gasteiger partial charge in [0.05, 0.1) is 0 Å². The maximum absolute atomic E-state index is 13.4. The summed E-state index contributed by atoms with van der Waals surface area (Å²) in [7, 11) is 2.02. The van der Waals surface area contributed by atoms with Crippen LogP contribution >= 0.6 is 11.8 Å². The summed E-state index contributed by atoms with van der Waals surface area (Å²) in [5, 5.41) is 8.69. The lowest BCUT2D eigenvalue weighted by Crippen LogP contribution is -2.23. The highest BCUT2D eigenvalue weighted by Crippen LogP contribution is 2.41. The first-order chi connectivity index (χ1) is 11.3. The molecule has 1 aliphatic carbocycles. The van der Waals surface area contributed by atoms with Crippen LogP contribution in [0.15, 0.2) is 18.2 Å². The number of thioether (sulfide) groups is 1. The van der Waals surface area contributed by atoms with Gasteiger partial charge in [-0.1, -0.05) is 23.9 Å². The highest BCUT2D eigenvalue weighted by Gasteiger charge is 2.35. The van der Waals surface area contributed by atoms with E-state index in [9.17, 15) is 8.78 Å². The molecule has 0 bridgehead atoms. The van der Waals surface area contributed by atoms with Gasteiger partial charge in [-0.15, -0.1) is 0 Å². The van der Waals surface area contributed by atoms with Gasteiger partial charge in [-0.05, 0) is 42.9 Å². The normalized spacial score (nSPS) is 18.2. The number of benzene rings is 1. The standard InChI is InChI=1S/C18H23F2N3S/c1-11-14-4-3-13(12-5-7-18(19,20)8-6-12)9-15(14)23(2)16(11)10-24-17(21)22/h3-4,9,12H,5-8,10H2,1-2H3,(H3,21,22). The molecule has 1 fully saturated rings. The second kappa shape index (κ2) is 6.39. The average molecular weight is 351 g/mol. The minimum atomic E-state index is -2.49. The first-order valence-electron chi connectivity index (χ1n) is 8.21. The van der Waals surface area contributed by atoms with E-state index in [1.165, 1.54) is 22.7 Å². The molecule has 1 aliphatic rings. The monoisotopic (exact) mass is 351 g/mol. The molecule has 0 amide bonds. The Labute approximate surface area is 145 Å². The van der Waals surface area contributed by atoms with Crippen molar-refractivity contribution >= 4 is 27.8 Å². The van der Waals surface area contributed by atoms with Crippen molar-refractivity contribution in [3.63, 3.8) is 0 Å². The zero-order valence-corrected chi connectivity index (χ0v) is 14.9. The van der Waals surface area contributed by atoms with Gasteiger partial charge in [0.1, 0.15) is 0 Å². The number of alkyl halides is 2. The summed E-state index contributed by atoms with van der Waals surface area (Å²) in [5.41, 5.74) is 10.1. The SMILES string of the molecule is Cc1c(CSC(=N)N)n(C)c2cc(C3CCC(F)(F)CC3)ccc12. The molecule has 0 aliphatic heterocycles. The number of nitrogens with one attached hydrogen (secondary N) is 1. The molecule has 24 heavy (non-hydrogen) atoms. The quantitative estimate of drug-likeness (QED) is 0.610. The molecule has 1 aromatic heterocycles. The van der Waals surface area contributed by atoms with Gasteiger partial charge in [0.15, 0.2) is 5.17 Å². The second-order valence-electron chi connectivity index (χ2n) is 6.69. The van der Waals surface area contributed by atoms with E-state index in [1.807, 2.05) is 7.05 Å². The highest BCUT2D eigenvalue weighted by atomic mass is 32.2. The van der Waals surface area contributed by atoms with Gasteiger partial charge in [0.25, 0.3) is 0 Å². The fourth-order valence-electron chi connectivity index (χ4n) is 3.67. The maximum Gasteiger partial charge on any atom is 0.248 e. The topological polar surface area (TPSA) is 54.8 Å². The molecule has 130 valence electrons. The molecule has 0 spiro atoms. The molecule has 6 heteroatoms. The largest absolute Gasteiger partial charge is 0.379 e. The Morgan fingerprint density at radius 2 is 2.04 bits per heavy atom. The third-order valence-electron chi connectivity index (χ3n) is 5.18. The summed E-state index contributed by atoms with van der Waals surface area (Å²) in [6.07, 6.45) is 1.08. The van der Waals surface area contributed by atoms with Crippen LogP contribution in [0.25, 0.3) is 10.9 Å². The van der Waals surface area contributed by atoms with Crippen LogP contribution in [-0.2, 0) is 12.8 Å². The van der Waals surface area contributed by atoms with E-state index < -0.39 is 5.92 Å². The number of aromatic nitrogens is 1. The molecule has 1 saturated carbocycles. The van der Waals surface area contributed by atoms with E-state index in [4.69, 9.17) is 11.1 Å². The molecule has 1 heterocycles. The zero-order valence-electron chi connectivity index (χ0n) is 14.0. The van der Waals surface area contributed by atoms with Gasteiger partial charge in [-0.3, -0.25) is 5.41 Å². The number of hydrogen-bond acceptors (Lipinski definition) is 2. The van der Waals surface area contributed by atoms with E-state index in [0.29, 0.717) is 18.6 Å². The van der Waals surface area contributed by atoms with E-state index >= 15 is 0 Å². The lowest BCUT2D eigenvalue weighted by Gasteiger charge is -2.28. The van der Waals surface area contributed by atoms with Crippen molar-refractivity contribution in [2.24, 2.45) is 12.8 Å². The Balaban J connectivity index is 1.91. The van der Waals surface area contributed by atoms with Crippen LogP contribution in [-0.4, -0.2) is 15.7 Å². The number of nitrogens with two attached hydrogens (primary N) is 1. The predicted octanol–water partition coefficient (Wildman–Crippen LogP) is 4.91. The van der Waals surface area contributed by atoms with Crippen molar-refractivity contribution in [2.75, 3.05) is 0 Å². The third kappa shape index (κ3) is 3.29. The van der Waals surface area contributed by atoms with Gasteiger partial charge < -0.3 is 10.3 Å². The molecule has 0 unspecified atom stereocenters. The fraction of sp³-hybridized carbons (Fsp3) is 0.500. The average Bonchev–Trinajstić information content (AvgIpc) is 2.76. The fourth-order valence-corrected chi connectivity index (χ4v) is 4.38. The molecule has 0 atom stereocenters. The lowest BCUT2D eigenvalue weighted by atomic mass is 9.82. The van der Waals surface area contributed by atoms with Crippen LogP contribution in [0, 0.1) is 12.3 Å². The number of nitrogens with zero attached hydrogens (tertiary/aromatic N) is 1. The Morgan fingerprint density at radius 1 is 1.38 bits per heavy atom. The molecule has 3 N–H and O–H groups in total. The summed E-state index contributed by atoms with van der Waals surface area (Å²) >= 11 is 1.32. The van der Waals surface area contributed by atoms with Crippen LogP contribution in [0.3, 0.4) is 0 Å². The minimum absolute atomic E-state index is 0.0115. The zero-order chi connectivity index (χ0) is 17.5. The van der Waals surface area contributed by atoms with Crippen LogP contribution in [0.5, 0.6) is 0 Å². The Kier molecular flexibility index (Phi) is 4.60. The first kappa shape index (κ1) is 17.3. The van der Waals surface area contributed by atoms with Crippen LogP contribution < -0.4 is 5.73 Å². The summed E-state index contributed by atoms with van der Waals surface area (Å²) in [6, 6.07) is 6.35. The Bertz CT molecular complexity index is 772. The molecular weight excluding hydrogens is 328 g/mol. The number of fused-ring (bicyclic) bond motifs is 1. The van der Waals surface area contributed by atoms with Crippen molar-refractivity contribution in [3.05, 3.63) is 35.0 Å². The first-order valence-corrected chi connectivity index (χ1v) is 9.19. The molecule has 0 radical (unpaired) electrons. The van der Waals surface area contributed by atoms with Gasteiger partial charge >= 0.3 is 0 Å². The summed E-state index contributed by atoms with van der Waals surface area (Å²) < 4.78 is 28.9. The molecule has 1 aromatic carbocycles. The van der Waals surface area contributed by atoms with Gasteiger partial charge in [-0.2, -0.15) is 0 Å². The lowest BCUT2D eigenvalue weighted by molar-refractivity contribution is -0.0382. The highest BCUT2D eigenvalue weighted by molar-refractivity contribution is 8.13. The van der Waals surface area contributed by atoms with Crippen molar-refractivity contribution < 1.29 is 8.78 Å². The van der Waals surface area contributed by atoms with E-state index in [-0.39, 0.29) is 23.9 Å². The summed E-state index contributed by atoms with van der Waals surface area (Å²) in [6.45, 7) is 2.08. The van der Waals surface area contributed by atoms with E-state index in [2.05, 4.69) is 29.7 Å². The smallest absolute Gasteiger partial charge is 0.248 e. The van der Waals surface area contributed by atoms with Crippen molar-refractivity contribution in [1.29, 1.82) is 5.41 Å². The third-order valence-corrected chi connectivity index (χ3v) is 5.91.